The van der Waals surface area contributed by atoms with Crippen LogP contribution in [0.1, 0.15) is 75.9 Å². The van der Waals surface area contributed by atoms with E-state index in [4.69, 9.17) is 20.3 Å². The Labute approximate surface area is 425 Å². The fourth-order valence-corrected chi connectivity index (χ4v) is 10.4. The van der Waals surface area contributed by atoms with E-state index in [1.54, 1.807) is 53.2 Å². The zero-order chi connectivity index (χ0) is 51.5. The van der Waals surface area contributed by atoms with Gasteiger partial charge >= 0.3 is 0 Å². The van der Waals surface area contributed by atoms with Gasteiger partial charge in [-0.05, 0) is 37.8 Å². The number of carbonyl (C=O) groups excluding carboxylic acids is 4. The standard InChI is InChI=1S/C25H29FN8O3.C15H22N4O2.C10H9FN4O/c1-31-22-10-17(6-8-32-13-19-11-18(32)14-37-19)29-34(22)9-7-21(25(31)36)28-24(35)23-27-15-33(30-23)12-16-4-2-3-5-20(16)26;1-17-14-7-11(16-19(14)5-2-3-15(17)20)4-6-18-9-13-8-12(18)10-21-13;11-8-4-2-1-3-7(8)5-15-6-13-10(14-15)9(12)16/h2-5,10,15,18-19,21H,6-9,11-14H2,1H3,(H,28,35);7,12-13H,2-6,8-10H2,1H3;1-4,6H,5H2,(H2,12,16). The van der Waals surface area contributed by atoms with Gasteiger partial charge in [-0.15, -0.1) is 10.2 Å². The molecule has 2 aromatic carbocycles. The zero-order valence-corrected chi connectivity index (χ0v) is 41.4. The molecule has 6 aliphatic heterocycles. The van der Waals surface area contributed by atoms with Crippen LogP contribution >= 0.6 is 0 Å². The van der Waals surface area contributed by atoms with Gasteiger partial charge in [-0.3, -0.25) is 33.9 Å². The molecule has 4 aromatic heterocycles. The van der Waals surface area contributed by atoms with E-state index in [1.807, 2.05) is 22.5 Å². The number of fused-ring (bicyclic) bond motifs is 6. The van der Waals surface area contributed by atoms with Crippen molar-refractivity contribution in [3.05, 3.63) is 119 Å². The summed E-state index contributed by atoms with van der Waals surface area (Å²) in [6, 6.07) is 17.1. The van der Waals surface area contributed by atoms with Crippen molar-refractivity contribution in [1.82, 2.24) is 64.2 Å². The van der Waals surface area contributed by atoms with Gasteiger partial charge in [0.25, 0.3) is 17.7 Å². The minimum atomic E-state index is -0.735. The van der Waals surface area contributed by atoms with Crippen molar-refractivity contribution in [2.24, 2.45) is 5.73 Å². The molecule has 4 bridgehead atoms. The molecule has 0 saturated carbocycles. The van der Waals surface area contributed by atoms with Crippen LogP contribution in [0.4, 0.5) is 20.4 Å². The number of likely N-dealkylation sites (tertiary alicyclic amines) is 2. The molecule has 6 aliphatic rings. The smallest absolute Gasteiger partial charge is 0.291 e. The number of benzene rings is 2. The van der Waals surface area contributed by atoms with Gasteiger partial charge < -0.3 is 25.4 Å². The highest BCUT2D eigenvalue weighted by molar-refractivity contribution is 6.00. The number of hydrogen-bond donors (Lipinski definition) is 2. The predicted molar refractivity (Wildman–Crippen MR) is 263 cm³/mol. The third-order valence-corrected chi connectivity index (χ3v) is 14.4. The van der Waals surface area contributed by atoms with E-state index >= 15 is 0 Å². The molecule has 390 valence electrons. The largest absolute Gasteiger partial charge is 0.375 e. The molecule has 24 heteroatoms. The third kappa shape index (κ3) is 11.4. The number of nitrogens with two attached hydrogens (primary N) is 1. The van der Waals surface area contributed by atoms with Crippen LogP contribution in [0.2, 0.25) is 0 Å². The average Bonchev–Trinajstić information content (AvgIpc) is 4.27. The number of amides is 4. The topological polar surface area (TPSA) is 235 Å². The van der Waals surface area contributed by atoms with Gasteiger partial charge in [-0.1, -0.05) is 36.4 Å². The summed E-state index contributed by atoms with van der Waals surface area (Å²) in [5.41, 5.74) is 7.96. The van der Waals surface area contributed by atoms with Crippen LogP contribution in [0.25, 0.3) is 0 Å². The molecule has 0 aliphatic carbocycles. The van der Waals surface area contributed by atoms with Gasteiger partial charge in [0.15, 0.2) is 0 Å². The highest BCUT2D eigenvalue weighted by atomic mass is 19.1. The SMILES string of the molecule is CN1C(=O)C(NC(=O)c2ncn(Cc3ccccc3F)n2)CCn2nc(CCN3CC4CC3CO4)cc21.CN1C(=O)CCCn2nc(CCN3CC4CC3CO4)cc21.NC(=O)c1ncn(Cc2ccccc2F)n1. The van der Waals surface area contributed by atoms with E-state index < -0.39 is 17.9 Å². The van der Waals surface area contributed by atoms with Crippen LogP contribution < -0.4 is 20.9 Å². The summed E-state index contributed by atoms with van der Waals surface area (Å²) < 4.78 is 45.1. The molecule has 6 aromatic rings. The van der Waals surface area contributed by atoms with Crippen LogP contribution in [0.15, 0.2) is 73.3 Å². The first-order chi connectivity index (χ1) is 35.8. The molecule has 12 rings (SSSR count). The Morgan fingerprint density at radius 1 is 0.716 bits per heavy atom. The number of likely N-dealkylation sites (N-methyl/N-ethyl adjacent to an activating group) is 1. The summed E-state index contributed by atoms with van der Waals surface area (Å²) in [4.78, 5) is 64.7. The Bertz CT molecular complexity index is 2990. The van der Waals surface area contributed by atoms with Gasteiger partial charge in [0, 0.05) is 108 Å². The summed E-state index contributed by atoms with van der Waals surface area (Å²) in [5, 5.41) is 20.1. The molecule has 0 radical (unpaired) electrons. The molecule has 4 saturated heterocycles. The van der Waals surface area contributed by atoms with Crippen molar-refractivity contribution in [2.45, 2.75) is 101 Å². The molecule has 74 heavy (non-hydrogen) atoms. The van der Waals surface area contributed by atoms with E-state index in [1.165, 1.54) is 40.6 Å². The number of hydrogen-bond acceptors (Lipinski definition) is 14. The summed E-state index contributed by atoms with van der Waals surface area (Å²) in [7, 11) is 3.55. The molecule has 10 heterocycles. The lowest BCUT2D eigenvalue weighted by Crippen LogP contribution is -2.47. The fourth-order valence-electron chi connectivity index (χ4n) is 10.4. The van der Waals surface area contributed by atoms with E-state index in [-0.39, 0.29) is 48.2 Å². The van der Waals surface area contributed by atoms with Crippen LogP contribution in [0.5, 0.6) is 0 Å². The Balaban J connectivity index is 0.000000142. The number of carbonyl (C=O) groups is 4. The van der Waals surface area contributed by atoms with Crippen molar-refractivity contribution in [1.29, 1.82) is 0 Å². The highest BCUT2D eigenvalue weighted by Crippen LogP contribution is 2.30. The van der Waals surface area contributed by atoms with Crippen LogP contribution in [-0.2, 0) is 58.1 Å². The van der Waals surface area contributed by atoms with E-state index in [2.05, 4.69) is 46.4 Å². The molecular formula is C50H60F2N16O6. The lowest BCUT2D eigenvalue weighted by molar-refractivity contribution is -0.120. The number of aromatic nitrogens is 10. The van der Waals surface area contributed by atoms with E-state index in [9.17, 15) is 28.0 Å². The maximum atomic E-state index is 13.9. The number of nitrogens with one attached hydrogen (secondary N) is 1. The number of anilines is 2. The third-order valence-electron chi connectivity index (χ3n) is 14.4. The Morgan fingerprint density at radius 2 is 1.24 bits per heavy atom. The summed E-state index contributed by atoms with van der Waals surface area (Å²) in [6.07, 6.45) is 9.50. The second kappa shape index (κ2) is 22.1. The maximum Gasteiger partial charge on any atom is 0.291 e. The number of aryl methyl sites for hydroxylation is 2. The minimum absolute atomic E-state index is 0.0722. The lowest BCUT2D eigenvalue weighted by Gasteiger charge is -2.26. The molecule has 4 fully saturated rings. The predicted octanol–water partition coefficient (Wildman–Crippen LogP) is 2.06. The number of morpholine rings is 2. The number of nitrogens with zero attached hydrogens (tertiary/aromatic N) is 14. The van der Waals surface area contributed by atoms with Gasteiger partial charge in [-0.2, -0.15) is 10.2 Å². The Kier molecular flexibility index (Phi) is 15.0. The number of ether oxygens (including phenoxy) is 2. The second-order valence-electron chi connectivity index (χ2n) is 19.5. The second-order valence-corrected chi connectivity index (χ2v) is 19.5. The number of rotatable bonds is 13. The summed E-state index contributed by atoms with van der Waals surface area (Å²) in [6.45, 7) is 7.41. The Morgan fingerprint density at radius 3 is 1.76 bits per heavy atom. The van der Waals surface area contributed by atoms with Crippen molar-refractivity contribution in [3.8, 4) is 0 Å². The maximum absolute atomic E-state index is 13.9. The van der Waals surface area contributed by atoms with Crippen molar-refractivity contribution in [3.63, 3.8) is 0 Å². The van der Waals surface area contributed by atoms with Crippen molar-refractivity contribution in [2.75, 3.05) is 63.3 Å². The number of halogens is 2. The quantitative estimate of drug-likeness (QED) is 0.169. The van der Waals surface area contributed by atoms with Gasteiger partial charge in [-0.25, -0.2) is 37.5 Å². The lowest BCUT2D eigenvalue weighted by atomic mass is 10.2. The zero-order valence-electron chi connectivity index (χ0n) is 41.4. The molecule has 3 N–H and O–H groups in total. The normalized spacial score (nSPS) is 22.1. The molecule has 5 atom stereocenters. The van der Waals surface area contributed by atoms with Gasteiger partial charge in [0.1, 0.15) is 42.0 Å². The van der Waals surface area contributed by atoms with E-state index in [0.717, 1.165) is 94.6 Å². The average molecular weight is 1020 g/mol. The Hall–Kier alpha value is -7.28. The first kappa shape index (κ1) is 50.3. The fraction of sp³-hybridized carbons (Fsp3) is 0.480. The minimum Gasteiger partial charge on any atom is -0.375 e. The first-order valence-corrected chi connectivity index (χ1v) is 25.1. The van der Waals surface area contributed by atoms with Crippen LogP contribution in [0, 0.1) is 11.6 Å². The van der Waals surface area contributed by atoms with Crippen molar-refractivity contribution >= 4 is 35.3 Å². The van der Waals surface area contributed by atoms with Crippen LogP contribution in [-0.4, -0.2) is 166 Å². The van der Waals surface area contributed by atoms with Gasteiger partial charge in [0.05, 0.1) is 49.9 Å². The monoisotopic (exact) mass is 1020 g/mol. The number of primary amides is 1. The summed E-state index contributed by atoms with van der Waals surface area (Å²) >= 11 is 0. The molecule has 5 unspecified atom stereocenters. The van der Waals surface area contributed by atoms with Crippen LogP contribution in [0.3, 0.4) is 0 Å². The first-order valence-electron chi connectivity index (χ1n) is 25.1. The van der Waals surface area contributed by atoms with E-state index in [0.29, 0.717) is 54.8 Å². The van der Waals surface area contributed by atoms with Gasteiger partial charge in [0.2, 0.25) is 17.6 Å². The molecule has 0 spiro atoms. The highest BCUT2D eigenvalue weighted by Gasteiger charge is 2.40. The van der Waals surface area contributed by atoms with Crippen molar-refractivity contribution < 1.29 is 37.4 Å². The molecular weight excluding hydrogens is 959 g/mol. The summed E-state index contributed by atoms with van der Waals surface area (Å²) in [5.74, 6) is -0.446. The molecule has 22 nitrogen and oxygen atoms in total. The molecule has 4 amide bonds.